The van der Waals surface area contributed by atoms with Crippen molar-refractivity contribution in [1.82, 2.24) is 9.88 Å². The maximum Gasteiger partial charge on any atom is 0.411 e. The number of para-hydroxylation sites is 1. The molecule has 0 aliphatic carbocycles. The van der Waals surface area contributed by atoms with E-state index in [1.54, 1.807) is 4.90 Å². The van der Waals surface area contributed by atoms with Crippen molar-refractivity contribution in [2.24, 2.45) is 0 Å². The molecule has 0 bridgehead atoms. The van der Waals surface area contributed by atoms with Gasteiger partial charge < -0.3 is 25.8 Å². The van der Waals surface area contributed by atoms with E-state index in [1.165, 1.54) is 0 Å². The normalized spacial score (nSPS) is 15.5. The Kier molecular flexibility index (Phi) is 4.92. The van der Waals surface area contributed by atoms with Crippen LogP contribution < -0.4 is 11.1 Å². The first-order valence-corrected chi connectivity index (χ1v) is 8.11. The Labute approximate surface area is 144 Å². The number of nitrogens with two attached hydrogens (primary N) is 1. The average molecular weight is 351 g/mol. The van der Waals surface area contributed by atoms with Crippen LogP contribution in [-0.2, 0) is 4.74 Å². The Bertz CT molecular complexity index is 747. The molecule has 8 heteroatoms. The quantitative estimate of drug-likeness (QED) is 0.580. The lowest BCUT2D eigenvalue weighted by Crippen LogP contribution is -2.40. The fourth-order valence-corrected chi connectivity index (χ4v) is 2.88. The number of aromatic nitrogens is 1. The highest BCUT2D eigenvalue weighted by atomic mass is 35.5. The number of likely N-dealkylation sites (tertiary alicyclic amines) is 1. The highest BCUT2D eigenvalue weighted by molar-refractivity contribution is 6.33. The zero-order valence-electron chi connectivity index (χ0n) is 13.0. The summed E-state index contributed by atoms with van der Waals surface area (Å²) in [5.74, 6) is 0. The van der Waals surface area contributed by atoms with Gasteiger partial charge in [0.25, 0.3) is 0 Å². The molecule has 128 valence electrons. The van der Waals surface area contributed by atoms with Gasteiger partial charge in [-0.1, -0.05) is 29.8 Å². The summed E-state index contributed by atoms with van der Waals surface area (Å²) in [6.07, 6.45) is 0.384. The van der Waals surface area contributed by atoms with Gasteiger partial charge in [0.05, 0.1) is 23.0 Å². The highest BCUT2D eigenvalue weighted by Gasteiger charge is 2.22. The Hall–Kier alpha value is -2.25. The number of nitrogens with one attached hydrogen (secondary N) is 1. The second-order valence-corrected chi connectivity index (χ2v) is 6.02. The van der Waals surface area contributed by atoms with Crippen molar-refractivity contribution in [3.8, 4) is 0 Å². The summed E-state index contributed by atoms with van der Waals surface area (Å²) in [6.45, 7) is 0.949. The van der Waals surface area contributed by atoms with Crippen molar-refractivity contribution in [1.29, 1.82) is 0 Å². The van der Waals surface area contributed by atoms with E-state index in [-0.39, 0.29) is 18.0 Å². The molecule has 7 nitrogen and oxygen atoms in total. The predicted octanol–water partition coefficient (Wildman–Crippen LogP) is 2.43. The van der Waals surface area contributed by atoms with Crippen molar-refractivity contribution >= 4 is 40.0 Å². The molecule has 1 aliphatic rings. The molecule has 1 saturated heterocycles. The number of carbonyl (C=O) groups is 1. The second-order valence-electron chi connectivity index (χ2n) is 5.66. The largest absolute Gasteiger partial charge is 0.428 e. The molecule has 1 aromatic carbocycles. The number of anilines is 2. The van der Waals surface area contributed by atoms with Crippen molar-refractivity contribution in [2.75, 3.05) is 30.9 Å². The maximum atomic E-state index is 12.0. The van der Waals surface area contributed by atoms with Gasteiger partial charge in [-0.2, -0.15) is 0 Å². The number of rotatable bonds is 3. The van der Waals surface area contributed by atoms with Crippen LogP contribution in [0, 0.1) is 0 Å². The number of hydrogen-bond acceptors (Lipinski definition) is 6. The van der Waals surface area contributed by atoms with E-state index in [2.05, 4.69) is 10.3 Å². The van der Waals surface area contributed by atoms with Crippen LogP contribution in [0.3, 0.4) is 0 Å². The van der Waals surface area contributed by atoms with Crippen LogP contribution in [0.5, 0.6) is 0 Å². The van der Waals surface area contributed by atoms with Gasteiger partial charge in [0.2, 0.25) is 0 Å². The van der Waals surface area contributed by atoms with Crippen LogP contribution in [0.2, 0.25) is 5.15 Å². The number of aliphatic hydroxyl groups excluding tert-OH is 1. The molecule has 0 spiro atoms. The predicted molar refractivity (Wildman–Crippen MR) is 92.9 cm³/mol. The molecule has 0 atom stereocenters. The summed E-state index contributed by atoms with van der Waals surface area (Å²) >= 11 is 6.05. The van der Waals surface area contributed by atoms with E-state index in [0.29, 0.717) is 42.8 Å². The number of halogens is 1. The summed E-state index contributed by atoms with van der Waals surface area (Å²) < 4.78 is 5.24. The third-order valence-electron chi connectivity index (χ3n) is 4.05. The number of pyridine rings is 1. The number of amides is 1. The lowest BCUT2D eigenvalue weighted by Gasteiger charge is -2.28. The van der Waals surface area contributed by atoms with Gasteiger partial charge in [0.1, 0.15) is 0 Å². The van der Waals surface area contributed by atoms with Crippen LogP contribution in [0.4, 0.5) is 16.2 Å². The summed E-state index contributed by atoms with van der Waals surface area (Å²) in [7, 11) is 0. The zero-order valence-corrected chi connectivity index (χ0v) is 13.8. The molecule has 1 fully saturated rings. The third kappa shape index (κ3) is 3.47. The Morgan fingerprint density at radius 3 is 2.88 bits per heavy atom. The monoisotopic (exact) mass is 350 g/mol. The SMILES string of the molecule is Nc1c(Cl)nc2ccccc2c1NCOC(=O)N1CCC(O)CC1. The molecule has 2 aromatic rings. The lowest BCUT2D eigenvalue weighted by atomic mass is 10.1. The van der Waals surface area contributed by atoms with Gasteiger partial charge in [-0.15, -0.1) is 0 Å². The van der Waals surface area contributed by atoms with Crippen LogP contribution in [-0.4, -0.2) is 47.0 Å². The molecular formula is C16H19ClN4O3. The minimum atomic E-state index is -0.419. The fourth-order valence-electron chi connectivity index (χ4n) is 2.70. The van der Waals surface area contributed by atoms with Crippen LogP contribution in [0.25, 0.3) is 10.9 Å². The summed E-state index contributed by atoms with van der Waals surface area (Å²) in [5.41, 5.74) is 7.59. The van der Waals surface area contributed by atoms with Crippen molar-refractivity contribution in [3.05, 3.63) is 29.4 Å². The smallest absolute Gasteiger partial charge is 0.411 e. The minimum absolute atomic E-state index is 0.0353. The topological polar surface area (TPSA) is 101 Å². The number of carbonyl (C=O) groups excluding carboxylic acids is 1. The standard InChI is InChI=1S/C16H19ClN4O3/c17-15-13(18)14(11-3-1-2-4-12(11)20-15)19-9-24-16(23)21-7-5-10(22)6-8-21/h1-4,10,22H,5-9,18H2,(H,19,20). The minimum Gasteiger partial charge on any atom is -0.428 e. The molecule has 0 unspecified atom stereocenters. The van der Waals surface area contributed by atoms with Crippen molar-refractivity contribution < 1.29 is 14.6 Å². The van der Waals surface area contributed by atoms with Crippen LogP contribution in [0.1, 0.15) is 12.8 Å². The molecule has 0 radical (unpaired) electrons. The molecule has 4 N–H and O–H groups in total. The number of piperidine rings is 1. The zero-order chi connectivity index (χ0) is 17.1. The van der Waals surface area contributed by atoms with Crippen molar-refractivity contribution in [2.45, 2.75) is 18.9 Å². The summed E-state index contributed by atoms with van der Waals surface area (Å²) in [6, 6.07) is 7.42. The number of benzene rings is 1. The highest BCUT2D eigenvalue weighted by Crippen LogP contribution is 2.33. The summed E-state index contributed by atoms with van der Waals surface area (Å²) in [4.78, 5) is 17.8. The average Bonchev–Trinajstić information content (AvgIpc) is 2.58. The molecule has 2 heterocycles. The van der Waals surface area contributed by atoms with E-state index in [0.717, 1.165) is 5.39 Å². The van der Waals surface area contributed by atoms with Gasteiger partial charge in [0.15, 0.2) is 11.9 Å². The van der Waals surface area contributed by atoms with E-state index in [4.69, 9.17) is 22.1 Å². The second kappa shape index (κ2) is 7.11. The van der Waals surface area contributed by atoms with Gasteiger partial charge >= 0.3 is 6.09 Å². The van der Waals surface area contributed by atoms with Crippen molar-refractivity contribution in [3.63, 3.8) is 0 Å². The van der Waals surface area contributed by atoms with E-state index in [9.17, 15) is 9.90 Å². The number of nitrogens with zero attached hydrogens (tertiary/aromatic N) is 2. The lowest BCUT2D eigenvalue weighted by molar-refractivity contribution is 0.0622. The number of hydrogen-bond donors (Lipinski definition) is 3. The number of ether oxygens (including phenoxy) is 1. The first-order valence-electron chi connectivity index (χ1n) is 7.73. The first kappa shape index (κ1) is 16.6. The Balaban J connectivity index is 1.66. The molecule has 3 rings (SSSR count). The first-order chi connectivity index (χ1) is 11.6. The molecule has 0 saturated carbocycles. The molecule has 24 heavy (non-hydrogen) atoms. The van der Waals surface area contributed by atoms with E-state index >= 15 is 0 Å². The summed E-state index contributed by atoms with van der Waals surface area (Å²) in [5, 5.41) is 13.5. The third-order valence-corrected chi connectivity index (χ3v) is 4.34. The van der Waals surface area contributed by atoms with Gasteiger partial charge in [-0.25, -0.2) is 9.78 Å². The van der Waals surface area contributed by atoms with E-state index < -0.39 is 6.09 Å². The number of aliphatic hydroxyl groups is 1. The van der Waals surface area contributed by atoms with Gasteiger partial charge in [0, 0.05) is 18.5 Å². The van der Waals surface area contributed by atoms with Gasteiger partial charge in [-0.05, 0) is 18.9 Å². The maximum absolute atomic E-state index is 12.0. The van der Waals surface area contributed by atoms with Crippen LogP contribution in [0.15, 0.2) is 24.3 Å². The Morgan fingerprint density at radius 1 is 1.42 bits per heavy atom. The van der Waals surface area contributed by atoms with E-state index in [1.807, 2.05) is 24.3 Å². The molecule has 1 aliphatic heterocycles. The molecule has 1 amide bonds. The number of nitrogen functional groups attached to an aromatic ring is 1. The van der Waals surface area contributed by atoms with Crippen LogP contribution >= 0.6 is 11.6 Å². The van der Waals surface area contributed by atoms with Gasteiger partial charge in [-0.3, -0.25) is 0 Å². The Morgan fingerprint density at radius 2 is 2.12 bits per heavy atom. The molecular weight excluding hydrogens is 332 g/mol. The molecule has 1 aromatic heterocycles. The number of fused-ring (bicyclic) bond motifs is 1. The fraction of sp³-hybridized carbons (Fsp3) is 0.375.